The second-order valence-corrected chi connectivity index (χ2v) is 10.7. The quantitative estimate of drug-likeness (QED) is 0.145. The first kappa shape index (κ1) is 29.6. The molecule has 11 heteroatoms. The van der Waals surface area contributed by atoms with E-state index < -0.39 is 22.0 Å². The number of hydrogen-bond donors (Lipinski definition) is 3. The third-order valence-electron chi connectivity index (χ3n) is 6.77. The zero-order valence-electron chi connectivity index (χ0n) is 23.2. The Balaban J connectivity index is 1.63. The molecule has 0 radical (unpaired) electrons. The number of carbonyl (C=O) groups excluding carboxylic acids is 2. The summed E-state index contributed by atoms with van der Waals surface area (Å²) in [6.07, 6.45) is 4.05. The minimum absolute atomic E-state index is 0.0166. The van der Waals surface area contributed by atoms with Gasteiger partial charge < -0.3 is 21.1 Å². The number of methoxy groups -OCH3 is 1. The highest BCUT2D eigenvalue weighted by Crippen LogP contribution is 2.37. The van der Waals surface area contributed by atoms with E-state index in [4.69, 9.17) is 10.5 Å². The van der Waals surface area contributed by atoms with Crippen LogP contribution in [0.2, 0.25) is 0 Å². The van der Waals surface area contributed by atoms with Crippen LogP contribution < -0.4 is 21.1 Å². The van der Waals surface area contributed by atoms with Crippen molar-refractivity contribution in [2.45, 2.75) is 44.8 Å². The number of fused-ring (bicyclic) bond motifs is 1. The number of rotatable bonds is 11. The number of hydrogen-bond acceptors (Lipinski definition) is 8. The largest absolute Gasteiger partial charge is 0.490 e. The Bertz CT molecular complexity index is 1550. The van der Waals surface area contributed by atoms with E-state index in [0.717, 1.165) is 48.2 Å². The van der Waals surface area contributed by atoms with Crippen LogP contribution in [0.4, 0.5) is 17.1 Å². The molecule has 4 rings (SSSR count). The maximum atomic E-state index is 13.6. The summed E-state index contributed by atoms with van der Waals surface area (Å²) in [4.78, 5) is 42.6. The number of carbonyl (C=O) groups is 2. The summed E-state index contributed by atoms with van der Waals surface area (Å²) < 4.78 is 5.15. The first-order chi connectivity index (χ1) is 19.7. The summed E-state index contributed by atoms with van der Waals surface area (Å²) in [7, 11) is 1.32. The Morgan fingerprint density at radius 2 is 1.83 bits per heavy atom. The van der Waals surface area contributed by atoms with Crippen LogP contribution in [0.3, 0.4) is 0 Å². The van der Waals surface area contributed by atoms with Crippen molar-refractivity contribution in [2.75, 3.05) is 24.3 Å². The number of nitrogens with one attached hydrogen (secondary N) is 2. The number of nitro groups is 1. The van der Waals surface area contributed by atoms with Gasteiger partial charge in [-0.25, -0.2) is 0 Å². The van der Waals surface area contributed by atoms with E-state index >= 15 is 0 Å². The smallest absolute Gasteiger partial charge is 0.311 e. The van der Waals surface area contributed by atoms with Gasteiger partial charge in [0.1, 0.15) is 10.3 Å². The van der Waals surface area contributed by atoms with Gasteiger partial charge in [0.2, 0.25) is 5.91 Å². The van der Waals surface area contributed by atoms with Gasteiger partial charge in [0.25, 0.3) is 5.91 Å². The predicted molar refractivity (Wildman–Crippen MR) is 165 cm³/mol. The van der Waals surface area contributed by atoms with Crippen molar-refractivity contribution < 1.29 is 19.2 Å². The lowest BCUT2D eigenvalue weighted by molar-refractivity contribution is -0.385. The molecule has 3 aromatic carbocycles. The molecule has 0 spiro atoms. The molecule has 0 aromatic heterocycles. The normalized spacial score (nSPS) is 15.8. The fraction of sp³-hybridized carbons (Fsp3) is 0.300. The predicted octanol–water partition coefficient (Wildman–Crippen LogP) is 5.95. The van der Waals surface area contributed by atoms with Gasteiger partial charge in [0.05, 0.1) is 17.6 Å². The Labute approximate surface area is 242 Å². The third kappa shape index (κ3) is 6.68. The lowest BCUT2D eigenvalue weighted by Gasteiger charge is -2.14. The van der Waals surface area contributed by atoms with E-state index in [1.807, 2.05) is 42.5 Å². The van der Waals surface area contributed by atoms with Crippen LogP contribution in [0.1, 0.15) is 38.2 Å². The van der Waals surface area contributed by atoms with Gasteiger partial charge in [-0.3, -0.25) is 24.7 Å². The number of anilines is 2. The molecule has 1 aliphatic rings. The number of aryl methyl sites for hydroxylation is 1. The average molecular weight is 576 g/mol. The molecule has 1 heterocycles. The van der Waals surface area contributed by atoms with Crippen LogP contribution in [0.15, 0.2) is 70.9 Å². The van der Waals surface area contributed by atoms with Crippen molar-refractivity contribution in [2.24, 2.45) is 10.7 Å². The summed E-state index contributed by atoms with van der Waals surface area (Å²) in [5.41, 5.74) is 8.01. The molecule has 214 valence electrons. The maximum Gasteiger partial charge on any atom is 0.311 e. The summed E-state index contributed by atoms with van der Waals surface area (Å²) in [6.45, 7) is 4.28. The van der Waals surface area contributed by atoms with Crippen molar-refractivity contribution in [3.63, 3.8) is 0 Å². The maximum absolute atomic E-state index is 13.6. The van der Waals surface area contributed by atoms with E-state index in [2.05, 4.69) is 22.5 Å². The molecule has 0 aliphatic carbocycles. The van der Waals surface area contributed by atoms with Gasteiger partial charge >= 0.3 is 5.69 Å². The van der Waals surface area contributed by atoms with E-state index in [0.29, 0.717) is 28.5 Å². The van der Waals surface area contributed by atoms with Crippen molar-refractivity contribution in [1.29, 1.82) is 0 Å². The number of thioether (sulfide) groups is 1. The molecule has 3 aromatic rings. The highest BCUT2D eigenvalue weighted by Gasteiger charge is 2.38. The highest BCUT2D eigenvalue weighted by molar-refractivity contribution is 8.16. The molecular weight excluding hydrogens is 542 g/mol. The van der Waals surface area contributed by atoms with E-state index in [9.17, 15) is 19.7 Å². The number of aliphatic imine (C=N–C) groups is 1. The van der Waals surface area contributed by atoms with Gasteiger partial charge in [-0.05, 0) is 30.4 Å². The Morgan fingerprint density at radius 3 is 2.56 bits per heavy atom. The minimum atomic E-state index is -0.918. The second-order valence-electron chi connectivity index (χ2n) is 9.64. The SMILES string of the molecule is CCCCCCN=C1SC(C(=O)Nc2cc(OC)c([N+](=O)[O-])cc2C)C(N)=C1C(=O)Nc1cccc2ccccc12. The number of nitro benzene ring substituents is 1. The highest BCUT2D eigenvalue weighted by atomic mass is 32.2. The molecule has 10 nitrogen and oxygen atoms in total. The lowest BCUT2D eigenvalue weighted by atomic mass is 10.1. The van der Waals surface area contributed by atoms with Gasteiger partial charge in [-0.15, -0.1) is 0 Å². The summed E-state index contributed by atoms with van der Waals surface area (Å²) in [6, 6.07) is 16.1. The lowest BCUT2D eigenvalue weighted by Crippen LogP contribution is -2.29. The van der Waals surface area contributed by atoms with E-state index in [1.54, 1.807) is 6.92 Å². The number of unbranched alkanes of at least 4 members (excludes halogenated alkanes) is 3. The average Bonchev–Trinajstić information content (AvgIpc) is 3.29. The Kier molecular flexibility index (Phi) is 9.61. The zero-order chi connectivity index (χ0) is 29.5. The van der Waals surface area contributed by atoms with Crippen molar-refractivity contribution in [3.8, 4) is 5.75 Å². The molecule has 1 unspecified atom stereocenters. The molecule has 0 saturated carbocycles. The number of nitrogens with two attached hydrogens (primary N) is 1. The number of ether oxygens (including phenoxy) is 1. The number of nitrogens with zero attached hydrogens (tertiary/aromatic N) is 2. The van der Waals surface area contributed by atoms with Crippen LogP contribution in [0, 0.1) is 17.0 Å². The van der Waals surface area contributed by atoms with Crippen LogP contribution >= 0.6 is 11.8 Å². The molecule has 0 bridgehead atoms. The van der Waals surface area contributed by atoms with E-state index in [-0.39, 0.29) is 22.7 Å². The van der Waals surface area contributed by atoms with Crippen molar-refractivity contribution >= 4 is 56.5 Å². The Hall–Kier alpha value is -4.38. The standard InChI is InChI=1S/C30H33N5O5S/c1-4-5-6-9-15-32-30-25(28(36)33-21-14-10-12-19-11-7-8-13-20(19)21)26(31)27(41-30)29(37)34-22-17-24(40-3)23(35(38)39)16-18(22)2/h7-8,10-14,16-17,27H,4-6,9,15,31H2,1-3H3,(H,33,36)(H,34,37). The third-order valence-corrected chi connectivity index (χ3v) is 8.03. The summed E-state index contributed by atoms with van der Waals surface area (Å²) >= 11 is 1.12. The fourth-order valence-electron chi connectivity index (χ4n) is 4.58. The van der Waals surface area contributed by atoms with E-state index in [1.165, 1.54) is 19.2 Å². The van der Waals surface area contributed by atoms with Crippen LogP contribution in [-0.2, 0) is 9.59 Å². The van der Waals surface area contributed by atoms with Gasteiger partial charge in [-0.2, -0.15) is 0 Å². The fourth-order valence-corrected chi connectivity index (χ4v) is 5.71. The molecule has 0 fully saturated rings. The van der Waals surface area contributed by atoms with Crippen LogP contribution in [-0.4, -0.2) is 40.7 Å². The topological polar surface area (TPSA) is 149 Å². The van der Waals surface area contributed by atoms with Gasteiger partial charge in [0.15, 0.2) is 5.75 Å². The van der Waals surface area contributed by atoms with Crippen LogP contribution in [0.25, 0.3) is 10.8 Å². The molecule has 1 aliphatic heterocycles. The molecule has 0 saturated heterocycles. The number of amides is 2. The molecule has 1 atom stereocenters. The summed E-state index contributed by atoms with van der Waals surface area (Å²) in [5.74, 6) is -0.900. The van der Waals surface area contributed by atoms with Crippen molar-refractivity contribution in [1.82, 2.24) is 0 Å². The Morgan fingerprint density at radius 1 is 1.07 bits per heavy atom. The van der Waals surface area contributed by atoms with Gasteiger partial charge in [-0.1, -0.05) is 74.3 Å². The summed E-state index contributed by atoms with van der Waals surface area (Å²) in [5, 5.41) is 18.5. The first-order valence-corrected chi connectivity index (χ1v) is 14.3. The molecule has 4 N–H and O–H groups in total. The monoisotopic (exact) mass is 575 g/mol. The van der Waals surface area contributed by atoms with Crippen molar-refractivity contribution in [3.05, 3.63) is 81.5 Å². The molecular formula is C30H33N5O5S. The minimum Gasteiger partial charge on any atom is -0.490 e. The number of benzene rings is 3. The van der Waals surface area contributed by atoms with Gasteiger partial charge in [0, 0.05) is 41.1 Å². The molecule has 41 heavy (non-hydrogen) atoms. The first-order valence-electron chi connectivity index (χ1n) is 13.4. The molecule has 2 amide bonds. The van der Waals surface area contributed by atoms with Crippen LogP contribution in [0.5, 0.6) is 5.75 Å². The second kappa shape index (κ2) is 13.3. The zero-order valence-corrected chi connectivity index (χ0v) is 24.0.